The first-order valence-electron chi connectivity index (χ1n) is 15.6. The van der Waals surface area contributed by atoms with Crippen LogP contribution in [0.3, 0.4) is 0 Å². The average molecular weight is 644 g/mol. The second-order valence-electron chi connectivity index (χ2n) is 12.2. The fourth-order valence-electron chi connectivity index (χ4n) is 7.19. The molecule has 3 fully saturated rings. The quantitative estimate of drug-likeness (QED) is 0.413. The number of piperazine rings is 1. The molecule has 1 atom stereocenters. The Balaban J connectivity index is 1.23. The lowest BCUT2D eigenvalue weighted by molar-refractivity contribution is 0.0384. The van der Waals surface area contributed by atoms with E-state index in [2.05, 4.69) is 31.5 Å². The van der Waals surface area contributed by atoms with Crippen molar-refractivity contribution in [3.05, 3.63) is 48.4 Å². The number of nitrogens with zero attached hydrogens (tertiary/aromatic N) is 5. The van der Waals surface area contributed by atoms with E-state index in [0.29, 0.717) is 46.7 Å². The van der Waals surface area contributed by atoms with Crippen LogP contribution in [0.5, 0.6) is 5.75 Å². The van der Waals surface area contributed by atoms with E-state index < -0.39 is 31.3 Å². The van der Waals surface area contributed by atoms with Crippen molar-refractivity contribution in [2.75, 3.05) is 70.1 Å². The molecule has 1 N–H and O–H groups in total. The zero-order valence-corrected chi connectivity index (χ0v) is 27.1. The molecule has 2 aromatic carbocycles. The highest BCUT2D eigenvalue weighted by molar-refractivity contribution is 7.91. The van der Waals surface area contributed by atoms with Crippen molar-refractivity contribution in [1.82, 2.24) is 19.7 Å². The number of fused-ring (bicyclic) bond motifs is 1. The number of phenolic OH excluding ortho intramolecular Hbond substituents is 1. The summed E-state index contributed by atoms with van der Waals surface area (Å²) >= 11 is 0. The van der Waals surface area contributed by atoms with Crippen molar-refractivity contribution in [2.45, 2.75) is 59.4 Å². The maximum Gasteiger partial charge on any atom is 0.213 e. The van der Waals surface area contributed by atoms with Crippen molar-refractivity contribution in [1.29, 1.82) is 0 Å². The summed E-state index contributed by atoms with van der Waals surface area (Å²) in [7, 11) is -5.61. The molecule has 0 bridgehead atoms. The molecule has 3 aliphatic rings. The standard InChI is InChI=1S/C32H42FN5O4S2/c1-3-35-12-8-23(9-13-35)36-16-18-37(19-17-36)24-10-14-38(15-11-24)32-27-21-26(43(2)40)5-6-29(27)34-22-31(32)44(41,42)30-7-4-25(39)20-28(30)33/h4-7,20-24,39H,3,8-19H2,1-2H3. The van der Waals surface area contributed by atoms with Gasteiger partial charge in [0.2, 0.25) is 9.84 Å². The Morgan fingerprint density at radius 2 is 1.50 bits per heavy atom. The van der Waals surface area contributed by atoms with Gasteiger partial charge in [0.1, 0.15) is 21.4 Å². The minimum Gasteiger partial charge on any atom is -0.508 e. The summed E-state index contributed by atoms with van der Waals surface area (Å²) in [5.74, 6) is -1.37. The number of anilines is 1. The number of halogens is 1. The average Bonchev–Trinajstić information content (AvgIpc) is 3.04. The smallest absolute Gasteiger partial charge is 0.213 e. The van der Waals surface area contributed by atoms with E-state index >= 15 is 0 Å². The number of benzene rings is 2. The summed E-state index contributed by atoms with van der Waals surface area (Å²) in [5, 5.41) is 10.3. The Morgan fingerprint density at radius 1 is 0.886 bits per heavy atom. The molecule has 9 nitrogen and oxygen atoms in total. The molecule has 44 heavy (non-hydrogen) atoms. The zero-order chi connectivity index (χ0) is 31.0. The molecule has 0 amide bonds. The van der Waals surface area contributed by atoms with Gasteiger partial charge in [-0.15, -0.1) is 0 Å². The van der Waals surface area contributed by atoms with Gasteiger partial charge in [-0.1, -0.05) is 6.92 Å². The first-order valence-corrected chi connectivity index (χ1v) is 18.6. The van der Waals surface area contributed by atoms with Crippen molar-refractivity contribution < 1.29 is 22.1 Å². The van der Waals surface area contributed by atoms with Crippen LogP contribution in [0.4, 0.5) is 10.1 Å². The summed E-state index contributed by atoms with van der Waals surface area (Å²) in [6.07, 6.45) is 7.14. The molecule has 4 heterocycles. The third-order valence-corrected chi connectivity index (χ3v) is 12.5. The van der Waals surface area contributed by atoms with Gasteiger partial charge in [0.05, 0.1) is 11.2 Å². The lowest BCUT2D eigenvalue weighted by atomic mass is 9.99. The third-order valence-electron chi connectivity index (χ3n) is 9.77. The summed E-state index contributed by atoms with van der Waals surface area (Å²) in [4.78, 5) is 14.3. The molecule has 0 radical (unpaired) electrons. The molecule has 0 aliphatic carbocycles. The molecule has 6 rings (SSSR count). The van der Waals surface area contributed by atoms with Crippen molar-refractivity contribution in [3.8, 4) is 5.75 Å². The van der Waals surface area contributed by atoms with Crippen LogP contribution in [-0.2, 0) is 20.6 Å². The van der Waals surface area contributed by atoms with Crippen LogP contribution in [0.1, 0.15) is 32.6 Å². The molecule has 1 aromatic heterocycles. The van der Waals surface area contributed by atoms with E-state index in [0.717, 1.165) is 57.7 Å². The van der Waals surface area contributed by atoms with Gasteiger partial charge in [-0.25, -0.2) is 12.8 Å². The van der Waals surface area contributed by atoms with Crippen molar-refractivity contribution in [3.63, 3.8) is 0 Å². The maximum absolute atomic E-state index is 14.9. The number of aromatic nitrogens is 1. The first kappa shape index (κ1) is 31.3. The first-order chi connectivity index (χ1) is 21.2. The van der Waals surface area contributed by atoms with E-state index in [9.17, 15) is 22.1 Å². The van der Waals surface area contributed by atoms with E-state index in [1.165, 1.54) is 38.2 Å². The lowest BCUT2D eigenvalue weighted by Gasteiger charge is -2.46. The molecular weight excluding hydrogens is 602 g/mol. The molecule has 0 saturated carbocycles. The largest absolute Gasteiger partial charge is 0.508 e. The molecular formula is C32H42FN5O4S2. The monoisotopic (exact) mass is 643 g/mol. The van der Waals surface area contributed by atoms with Gasteiger partial charge in [0.25, 0.3) is 0 Å². The van der Waals surface area contributed by atoms with E-state index in [1.807, 2.05) is 0 Å². The summed E-state index contributed by atoms with van der Waals surface area (Å²) in [6, 6.07) is 9.40. The molecule has 3 aromatic rings. The second kappa shape index (κ2) is 13.0. The van der Waals surface area contributed by atoms with Gasteiger partial charge in [-0.3, -0.25) is 19.0 Å². The number of pyridine rings is 1. The highest BCUT2D eigenvalue weighted by atomic mass is 32.2. The topological polar surface area (TPSA) is 97.3 Å². The normalized spacial score (nSPS) is 21.2. The minimum absolute atomic E-state index is 0.0881. The van der Waals surface area contributed by atoms with E-state index in [1.54, 1.807) is 24.5 Å². The number of phenols is 1. The number of aromatic hydroxyl groups is 1. The minimum atomic E-state index is -4.33. The predicted octanol–water partition coefficient (Wildman–Crippen LogP) is 3.72. The Kier molecular flexibility index (Phi) is 9.26. The lowest BCUT2D eigenvalue weighted by Crippen LogP contribution is -2.56. The number of hydrogen-bond donors (Lipinski definition) is 1. The van der Waals surface area contributed by atoms with Crippen LogP contribution in [0, 0.1) is 5.82 Å². The number of piperidine rings is 2. The summed E-state index contributed by atoms with van der Waals surface area (Å²) in [6.45, 7) is 11.3. The van der Waals surface area contributed by atoms with Gasteiger partial charge in [0, 0.05) is 91.0 Å². The number of likely N-dealkylation sites (tertiary alicyclic amines) is 1. The van der Waals surface area contributed by atoms with Crippen LogP contribution in [-0.4, -0.2) is 115 Å². The second-order valence-corrected chi connectivity index (χ2v) is 15.4. The van der Waals surface area contributed by atoms with Crippen molar-refractivity contribution in [2.24, 2.45) is 0 Å². The van der Waals surface area contributed by atoms with Gasteiger partial charge in [-0.2, -0.15) is 0 Å². The van der Waals surface area contributed by atoms with Crippen molar-refractivity contribution >= 4 is 37.2 Å². The number of rotatable bonds is 7. The van der Waals surface area contributed by atoms with Gasteiger partial charge in [0.15, 0.2) is 0 Å². The highest BCUT2D eigenvalue weighted by Gasteiger charge is 2.34. The Hall–Kier alpha value is -2.64. The van der Waals surface area contributed by atoms with Crippen LogP contribution < -0.4 is 4.90 Å². The van der Waals surface area contributed by atoms with E-state index in [-0.39, 0.29) is 10.6 Å². The van der Waals surface area contributed by atoms with Crippen LogP contribution >= 0.6 is 0 Å². The van der Waals surface area contributed by atoms with Crippen LogP contribution in [0.15, 0.2) is 57.3 Å². The molecule has 1 unspecified atom stereocenters. The molecule has 3 aliphatic heterocycles. The van der Waals surface area contributed by atoms with E-state index in [4.69, 9.17) is 0 Å². The Labute approximate surface area is 262 Å². The maximum atomic E-state index is 14.9. The molecule has 3 saturated heterocycles. The van der Waals surface area contributed by atoms with Gasteiger partial charge in [-0.05, 0) is 75.6 Å². The van der Waals surface area contributed by atoms with Gasteiger partial charge < -0.3 is 14.9 Å². The van der Waals surface area contributed by atoms with Gasteiger partial charge >= 0.3 is 0 Å². The van der Waals surface area contributed by atoms with Crippen LogP contribution in [0.2, 0.25) is 0 Å². The number of sulfone groups is 1. The SMILES string of the molecule is CCN1CCC(N2CCN(C3CCN(c4c(S(=O)(=O)c5ccc(O)cc5F)cnc5ccc(S(C)=O)cc45)CC3)CC2)CC1. The zero-order valence-electron chi connectivity index (χ0n) is 25.5. The fourth-order valence-corrected chi connectivity index (χ4v) is 9.22. The Bertz CT molecular complexity index is 1630. The fraction of sp³-hybridized carbons (Fsp3) is 0.531. The molecule has 238 valence electrons. The highest BCUT2D eigenvalue weighted by Crippen LogP contribution is 2.39. The summed E-state index contributed by atoms with van der Waals surface area (Å²) < 4.78 is 55.2. The predicted molar refractivity (Wildman–Crippen MR) is 171 cm³/mol. The van der Waals surface area contributed by atoms with Crippen LogP contribution in [0.25, 0.3) is 10.9 Å². The third kappa shape index (κ3) is 6.24. The molecule has 0 spiro atoms. The molecule has 12 heteroatoms. The number of hydrogen-bond acceptors (Lipinski definition) is 9. The Morgan fingerprint density at radius 3 is 2.07 bits per heavy atom. The summed E-state index contributed by atoms with van der Waals surface area (Å²) in [5.41, 5.74) is 1.05.